The molecule has 4 saturated carbocycles. The Hall–Kier alpha value is -4.86. The number of thiazole rings is 1. The normalized spacial score (nSPS) is 26.6. The van der Waals surface area contributed by atoms with Gasteiger partial charge in [-0.3, -0.25) is 19.7 Å². The predicted octanol–water partition coefficient (Wildman–Crippen LogP) is 6.50. The number of benzene rings is 2. The summed E-state index contributed by atoms with van der Waals surface area (Å²) >= 11 is 1.43. The fraction of sp³-hybridized carbons (Fsp3) is 0.439. The van der Waals surface area contributed by atoms with E-state index in [9.17, 15) is 23.1 Å². The number of hydrogen-bond donors (Lipinski definition) is 2. The highest BCUT2D eigenvalue weighted by Gasteiger charge is 2.60. The second-order valence-electron chi connectivity index (χ2n) is 16.7. The van der Waals surface area contributed by atoms with E-state index in [1.165, 1.54) is 17.8 Å². The molecule has 2 aromatic carbocycles. The number of pyridine rings is 1. The first-order valence-electron chi connectivity index (χ1n) is 19.4. The number of rotatable bonds is 8. The van der Waals surface area contributed by atoms with Gasteiger partial charge in [0.25, 0.3) is 5.91 Å². The molecule has 56 heavy (non-hydrogen) atoms. The lowest BCUT2D eigenvalue weighted by Gasteiger charge is -2.65. The van der Waals surface area contributed by atoms with Gasteiger partial charge in [-0.15, -0.1) is 0 Å². The van der Waals surface area contributed by atoms with Crippen LogP contribution in [0.5, 0.6) is 5.88 Å². The number of carboxylic acid groups (broad SMARTS) is 1. The third-order valence-corrected chi connectivity index (χ3v) is 15.6. The number of nitrogens with zero attached hydrogens (tertiary/aromatic N) is 6. The van der Waals surface area contributed by atoms with Gasteiger partial charge in [-0.25, -0.2) is 18.2 Å². The lowest BCUT2D eigenvalue weighted by atomic mass is 9.46. The monoisotopic (exact) mass is 793 g/mol. The summed E-state index contributed by atoms with van der Waals surface area (Å²) in [6, 6.07) is 17.2. The molecule has 1 saturated heterocycles. The minimum Gasteiger partial charge on any atom is -0.449 e. The Morgan fingerprint density at radius 1 is 0.964 bits per heavy atom. The zero-order valence-corrected chi connectivity index (χ0v) is 32.5. The van der Waals surface area contributed by atoms with Crippen LogP contribution in [0.3, 0.4) is 0 Å². The van der Waals surface area contributed by atoms with E-state index in [4.69, 9.17) is 14.8 Å². The van der Waals surface area contributed by atoms with Crippen LogP contribution in [0, 0.1) is 17.3 Å². The van der Waals surface area contributed by atoms with Crippen LogP contribution in [0.4, 0.5) is 15.7 Å². The maximum atomic E-state index is 13.6. The van der Waals surface area contributed by atoms with Crippen LogP contribution in [0.15, 0.2) is 67.0 Å². The van der Waals surface area contributed by atoms with Gasteiger partial charge in [0.05, 0.1) is 27.9 Å². The van der Waals surface area contributed by atoms with Gasteiger partial charge in [0.2, 0.25) is 5.88 Å². The third-order valence-electron chi connectivity index (χ3n) is 13.0. The summed E-state index contributed by atoms with van der Waals surface area (Å²) in [5.74, 6) is 2.09. The van der Waals surface area contributed by atoms with Crippen molar-refractivity contribution >= 4 is 54.4 Å². The molecule has 0 radical (unpaired) electrons. The van der Waals surface area contributed by atoms with E-state index in [2.05, 4.69) is 15.2 Å². The summed E-state index contributed by atoms with van der Waals surface area (Å²) < 4.78 is 32.9. The van der Waals surface area contributed by atoms with Crippen molar-refractivity contribution in [1.82, 2.24) is 24.6 Å². The molecule has 290 valence electrons. The summed E-state index contributed by atoms with van der Waals surface area (Å²) in [6.45, 7) is 3.06. The van der Waals surface area contributed by atoms with Crippen molar-refractivity contribution in [3.05, 3.63) is 83.7 Å². The maximum Gasteiger partial charge on any atom is 0.512 e. The fourth-order valence-electron chi connectivity index (χ4n) is 11.1. The summed E-state index contributed by atoms with van der Waals surface area (Å²) in [5.41, 5.74) is 4.77. The number of nitrogens with one attached hydrogen (secondary N) is 1. The second-order valence-corrected chi connectivity index (χ2v) is 20.0. The average Bonchev–Trinajstić information content (AvgIpc) is 3.79. The van der Waals surface area contributed by atoms with E-state index in [1.807, 2.05) is 70.4 Å². The van der Waals surface area contributed by atoms with Crippen LogP contribution < -0.4 is 15.0 Å². The number of anilines is 2. The molecule has 2 N–H and O–H groups in total. The van der Waals surface area contributed by atoms with E-state index in [1.54, 1.807) is 6.20 Å². The molecule has 6 aliphatic rings. The number of hydrogen-bond acceptors (Lipinski definition) is 11. The molecule has 5 fully saturated rings. The van der Waals surface area contributed by atoms with Gasteiger partial charge in [-0.05, 0) is 104 Å². The Bertz CT molecular complexity index is 2440. The van der Waals surface area contributed by atoms with Crippen molar-refractivity contribution in [2.75, 3.05) is 41.4 Å². The molecular formula is C41H43N7O6S2. The Kier molecular flexibility index (Phi) is 8.49. The largest absolute Gasteiger partial charge is 0.512 e. The number of sulfone groups is 1. The van der Waals surface area contributed by atoms with Gasteiger partial charge in [-0.1, -0.05) is 35.6 Å². The molecule has 5 heterocycles. The highest BCUT2D eigenvalue weighted by Crippen LogP contribution is 2.64. The van der Waals surface area contributed by atoms with Gasteiger partial charge in [0, 0.05) is 61.1 Å². The number of carbonyl (C=O) groups is 2. The minimum absolute atomic E-state index is 0.0176. The molecule has 2 aliphatic heterocycles. The molecule has 11 rings (SSSR count). The SMILES string of the molecule is O=C(O)Oc1nc(N2CCc3cccc(C(=O)Nc4nc5ccccc5s4)c3C2)ccc1-c1cnn(CC23CC4CC(C2)CC(N2CCS(=O)(=O)CC2)(C4)C3)c1. The highest BCUT2D eigenvalue weighted by atomic mass is 32.2. The molecule has 2 atom stereocenters. The van der Waals surface area contributed by atoms with E-state index < -0.39 is 16.0 Å². The molecular weight excluding hydrogens is 751 g/mol. The number of carbonyl (C=O) groups excluding carboxylic acids is 1. The Morgan fingerprint density at radius 3 is 2.55 bits per heavy atom. The van der Waals surface area contributed by atoms with Gasteiger partial charge in [0.1, 0.15) is 5.82 Å². The zero-order chi connectivity index (χ0) is 38.2. The van der Waals surface area contributed by atoms with E-state index in [-0.39, 0.29) is 34.2 Å². The Labute approximate surface area is 328 Å². The average molecular weight is 794 g/mol. The van der Waals surface area contributed by atoms with Crippen LogP contribution in [0.1, 0.15) is 60.0 Å². The molecule has 2 unspecified atom stereocenters. The Morgan fingerprint density at radius 2 is 1.77 bits per heavy atom. The lowest BCUT2D eigenvalue weighted by molar-refractivity contribution is -0.137. The van der Waals surface area contributed by atoms with Gasteiger partial charge in [0.15, 0.2) is 15.0 Å². The number of aromatic nitrogens is 4. The molecule has 4 aliphatic carbocycles. The Balaban J connectivity index is 0.881. The van der Waals surface area contributed by atoms with Crippen LogP contribution in [0.25, 0.3) is 21.3 Å². The molecule has 3 aromatic heterocycles. The lowest BCUT2D eigenvalue weighted by Crippen LogP contribution is -2.65. The van der Waals surface area contributed by atoms with Crippen LogP contribution >= 0.6 is 11.3 Å². The van der Waals surface area contributed by atoms with Crippen molar-refractivity contribution < 1.29 is 27.9 Å². The van der Waals surface area contributed by atoms with Crippen LogP contribution in [-0.4, -0.2) is 86.9 Å². The summed E-state index contributed by atoms with van der Waals surface area (Å²) in [5, 5.41) is 18.1. The van der Waals surface area contributed by atoms with E-state index >= 15 is 0 Å². The summed E-state index contributed by atoms with van der Waals surface area (Å²) in [7, 11) is -2.95. The topological polar surface area (TPSA) is 160 Å². The number of ether oxygens (including phenoxy) is 1. The molecule has 15 heteroatoms. The second kappa shape index (κ2) is 13.4. The van der Waals surface area contributed by atoms with Crippen molar-refractivity contribution in [3.63, 3.8) is 0 Å². The number of amides is 1. The van der Waals surface area contributed by atoms with E-state index in [0.717, 1.165) is 65.6 Å². The smallest absolute Gasteiger partial charge is 0.449 e. The van der Waals surface area contributed by atoms with Crippen molar-refractivity contribution in [1.29, 1.82) is 0 Å². The predicted molar refractivity (Wildman–Crippen MR) is 213 cm³/mol. The maximum absolute atomic E-state index is 13.6. The summed E-state index contributed by atoms with van der Waals surface area (Å²) in [6.07, 6.45) is 9.89. The fourth-order valence-corrected chi connectivity index (χ4v) is 13.2. The van der Waals surface area contributed by atoms with Crippen LogP contribution in [-0.2, 0) is 29.3 Å². The zero-order valence-electron chi connectivity index (χ0n) is 30.9. The molecule has 13 nitrogen and oxygen atoms in total. The number of fused-ring (bicyclic) bond motifs is 2. The van der Waals surface area contributed by atoms with Gasteiger partial charge < -0.3 is 14.7 Å². The first-order chi connectivity index (χ1) is 27.0. The van der Waals surface area contributed by atoms with E-state index in [0.29, 0.717) is 66.5 Å². The minimum atomic E-state index is -2.95. The highest BCUT2D eigenvalue weighted by molar-refractivity contribution is 7.91. The van der Waals surface area contributed by atoms with Gasteiger partial charge in [-0.2, -0.15) is 10.1 Å². The standard InChI is InChI=1S/C41H43N7O6S2/c49-36(45-38-43-33-6-1-2-7-34(33)55-38)31-5-3-4-28-10-11-46(23-32(28)31)35-9-8-30(37(44-35)54-39(50)51)29-21-42-48(22-29)25-40-17-26-16-27(18-40)20-41(19-26,24-40)47-12-14-56(52,53)15-13-47/h1-9,21-22,26-27H,10-20,23-25H2,(H,50,51)(H,43,45,49). The number of para-hydroxylation sites is 1. The first kappa shape index (κ1) is 35.5. The third kappa shape index (κ3) is 6.52. The molecule has 4 bridgehead atoms. The summed E-state index contributed by atoms with van der Waals surface area (Å²) in [4.78, 5) is 39.4. The quantitative estimate of drug-likeness (QED) is 0.165. The van der Waals surface area contributed by atoms with Crippen molar-refractivity contribution in [3.8, 4) is 17.0 Å². The van der Waals surface area contributed by atoms with Crippen molar-refractivity contribution in [2.24, 2.45) is 17.3 Å². The van der Waals surface area contributed by atoms with Crippen molar-refractivity contribution in [2.45, 2.75) is 63.6 Å². The molecule has 5 aromatic rings. The van der Waals surface area contributed by atoms with Gasteiger partial charge >= 0.3 is 6.16 Å². The van der Waals surface area contributed by atoms with Crippen LogP contribution in [0.2, 0.25) is 0 Å². The first-order valence-corrected chi connectivity index (χ1v) is 22.1. The molecule has 0 spiro atoms. The molecule has 1 amide bonds.